The van der Waals surface area contributed by atoms with E-state index < -0.39 is 16.7 Å². The van der Waals surface area contributed by atoms with Crippen LogP contribution in [0, 0.1) is 0 Å². The van der Waals surface area contributed by atoms with E-state index >= 15 is 0 Å². The summed E-state index contributed by atoms with van der Waals surface area (Å²) in [5.41, 5.74) is 1.06. The Labute approximate surface area is 178 Å². The Morgan fingerprint density at radius 3 is 2.54 bits per heavy atom. The molecule has 1 N–H and O–H groups in total. The van der Waals surface area contributed by atoms with Gasteiger partial charge in [0.15, 0.2) is 0 Å². The second-order valence-electron chi connectivity index (χ2n) is 6.19. The van der Waals surface area contributed by atoms with Gasteiger partial charge in [0.1, 0.15) is 0 Å². The number of hydrogen-bond donors (Lipinski definition) is 1. The van der Waals surface area contributed by atoms with E-state index in [2.05, 4.69) is 9.37 Å². The number of ether oxygens (including phenoxy) is 2. The topological polar surface area (TPSA) is 55.3 Å². The molecule has 14 heteroatoms. The van der Waals surface area contributed by atoms with Gasteiger partial charge in [-0.1, -0.05) is 0 Å². The van der Waals surface area contributed by atoms with Crippen molar-refractivity contribution in [2.45, 2.75) is 32.2 Å². The van der Waals surface area contributed by atoms with Gasteiger partial charge in [-0.25, -0.2) is 0 Å². The number of rotatable bonds is 4. The second-order valence-corrected chi connectivity index (χ2v) is 22.4. The van der Waals surface area contributed by atoms with Crippen molar-refractivity contribution >= 4 is 76.0 Å². The number of benzene rings is 1. The summed E-state index contributed by atoms with van der Waals surface area (Å²) in [5, 5.41) is 0. The first-order chi connectivity index (χ1) is 11.8. The standard InChI is InChI=1S/C12H17Cl5N3O3P3/c1-12(2)21-8-11(22-12)7-9-3-5-10(6-4-9)23-20-25(13,14)18-24-19-26(20,15,16)17/h3-6,11,19,24H,7-8H2,1-2H3. The third-order valence-corrected chi connectivity index (χ3v) is 17.0. The molecule has 0 amide bonds. The minimum atomic E-state index is -4.13. The Kier molecular flexibility index (Phi) is 6.44. The van der Waals surface area contributed by atoms with Gasteiger partial charge < -0.3 is 0 Å². The van der Waals surface area contributed by atoms with Crippen LogP contribution in [0.2, 0.25) is 0 Å². The molecule has 148 valence electrons. The minimum absolute atomic E-state index is 0.00326. The molecular formula is C12H17Cl5N3O3P3. The van der Waals surface area contributed by atoms with Crippen molar-refractivity contribution in [3.8, 4) is 5.75 Å². The van der Waals surface area contributed by atoms with Crippen molar-refractivity contribution in [2.75, 3.05) is 6.61 Å². The monoisotopic (exact) mass is 519 g/mol. The van der Waals surface area contributed by atoms with Crippen molar-refractivity contribution < 1.29 is 14.3 Å². The molecule has 26 heavy (non-hydrogen) atoms. The van der Waals surface area contributed by atoms with Gasteiger partial charge in [0, 0.05) is 0 Å². The predicted molar refractivity (Wildman–Crippen MR) is 115 cm³/mol. The van der Waals surface area contributed by atoms with Crippen molar-refractivity contribution in [3.63, 3.8) is 0 Å². The van der Waals surface area contributed by atoms with Crippen molar-refractivity contribution in [3.05, 3.63) is 29.8 Å². The summed E-state index contributed by atoms with van der Waals surface area (Å²) < 4.78 is 16.5. The normalized spacial score (nSPS) is 31.7. The molecule has 6 nitrogen and oxygen atoms in total. The zero-order valence-corrected chi connectivity index (χ0v) is 20.3. The van der Waals surface area contributed by atoms with Crippen LogP contribution in [0.1, 0.15) is 19.4 Å². The van der Waals surface area contributed by atoms with Crippen LogP contribution in [-0.4, -0.2) is 23.1 Å². The van der Waals surface area contributed by atoms with E-state index in [1.165, 1.54) is 0 Å². The van der Waals surface area contributed by atoms with Gasteiger partial charge in [0.05, 0.1) is 0 Å². The fourth-order valence-corrected chi connectivity index (χ4v) is 16.5. The van der Waals surface area contributed by atoms with Gasteiger partial charge in [-0.3, -0.25) is 0 Å². The molecule has 2 heterocycles. The molecule has 1 saturated heterocycles. The molecule has 3 rings (SSSR count). The van der Waals surface area contributed by atoms with E-state index in [1.807, 2.05) is 26.0 Å². The maximum absolute atomic E-state index is 6.33. The Hall–Kier alpha value is 1.40. The molecule has 0 aliphatic carbocycles. The number of nitrogens with zero attached hydrogens (tertiary/aromatic N) is 2. The van der Waals surface area contributed by atoms with Crippen LogP contribution in [0.5, 0.6) is 5.75 Å². The summed E-state index contributed by atoms with van der Waals surface area (Å²) in [4.78, 5) is 4.33. The van der Waals surface area contributed by atoms with Gasteiger partial charge in [0.25, 0.3) is 0 Å². The quantitative estimate of drug-likeness (QED) is 0.420. The van der Waals surface area contributed by atoms with Crippen molar-refractivity contribution in [1.29, 1.82) is 0 Å². The molecule has 0 radical (unpaired) electrons. The molecular weight excluding hydrogens is 504 g/mol. The van der Waals surface area contributed by atoms with E-state index in [4.69, 9.17) is 70.5 Å². The molecule has 0 saturated carbocycles. The molecule has 2 aliphatic rings. The summed E-state index contributed by atoms with van der Waals surface area (Å²) >= 11 is 31.5. The Morgan fingerprint density at radius 1 is 1.35 bits per heavy atom. The van der Waals surface area contributed by atoms with Crippen LogP contribution in [0.25, 0.3) is 0 Å². The predicted octanol–water partition coefficient (Wildman–Crippen LogP) is 7.36. The van der Waals surface area contributed by atoms with Crippen LogP contribution in [0.3, 0.4) is 0 Å². The van der Waals surface area contributed by atoms with Crippen LogP contribution in [0.4, 0.5) is 0 Å². The molecule has 2 atom stereocenters. The summed E-state index contributed by atoms with van der Waals surface area (Å²) in [5.74, 6) is -3.21. The van der Waals surface area contributed by atoms with Gasteiger partial charge >= 0.3 is 179 Å². The summed E-state index contributed by atoms with van der Waals surface area (Å²) in [6, 6.07) is 7.29. The van der Waals surface area contributed by atoms with Gasteiger partial charge in [-0.2, -0.15) is 0 Å². The summed E-state index contributed by atoms with van der Waals surface area (Å²) in [6.07, 6.45) is 0.719. The average Bonchev–Trinajstić information content (AvgIpc) is 2.83. The molecule has 0 aromatic heterocycles. The zero-order valence-electron chi connectivity index (χ0n) is 13.7. The van der Waals surface area contributed by atoms with E-state index in [9.17, 15) is 0 Å². The fraction of sp³-hybridized carbons (Fsp3) is 0.500. The van der Waals surface area contributed by atoms with Gasteiger partial charge in [-0.05, 0) is 0 Å². The maximum atomic E-state index is 6.33. The van der Waals surface area contributed by atoms with Crippen molar-refractivity contribution in [2.24, 2.45) is 4.52 Å². The Morgan fingerprint density at radius 2 is 2.00 bits per heavy atom. The first-order valence-electron chi connectivity index (χ1n) is 7.45. The summed E-state index contributed by atoms with van der Waals surface area (Å²) in [6.45, 7) is 4.34. The zero-order chi connectivity index (χ0) is 19.2. The van der Waals surface area contributed by atoms with Gasteiger partial charge in [0.2, 0.25) is 0 Å². The summed E-state index contributed by atoms with van der Waals surface area (Å²) in [7, 11) is -0.207. The molecule has 2 unspecified atom stereocenters. The third-order valence-electron chi connectivity index (χ3n) is 3.52. The number of nitrogens with one attached hydrogen (secondary N) is 1. The Bertz CT molecular complexity index is 737. The fourth-order valence-electron chi connectivity index (χ4n) is 2.44. The molecule has 1 fully saturated rings. The van der Waals surface area contributed by atoms with E-state index in [0.717, 1.165) is 10.2 Å². The van der Waals surface area contributed by atoms with Crippen molar-refractivity contribution in [1.82, 2.24) is 9.46 Å². The molecule has 2 aliphatic heterocycles. The number of hydrogen-bond acceptors (Lipinski definition) is 6. The second kappa shape index (κ2) is 7.58. The SMILES string of the molecule is CC1(C)OCC(Cc2ccc(ON3P(Cl)(Cl)=NPNP3(Cl)(Cl)Cl)cc2)O1. The van der Waals surface area contributed by atoms with E-state index in [0.29, 0.717) is 18.8 Å². The molecule has 1 aromatic rings. The first-order valence-corrected chi connectivity index (χ1v) is 16.8. The van der Waals surface area contributed by atoms with E-state index in [1.54, 1.807) is 12.1 Å². The van der Waals surface area contributed by atoms with Crippen LogP contribution in [0.15, 0.2) is 28.8 Å². The van der Waals surface area contributed by atoms with Gasteiger partial charge in [-0.15, -0.1) is 0 Å². The Balaban J connectivity index is 1.71. The third kappa shape index (κ3) is 5.30. The average molecular weight is 521 g/mol. The first kappa shape index (κ1) is 22.1. The number of halogens is 5. The molecule has 0 bridgehead atoms. The van der Waals surface area contributed by atoms with Crippen LogP contribution < -0.4 is 9.70 Å². The van der Waals surface area contributed by atoms with Crippen LogP contribution >= 0.6 is 76.0 Å². The van der Waals surface area contributed by atoms with Crippen LogP contribution in [-0.2, 0) is 15.9 Å². The van der Waals surface area contributed by atoms with E-state index in [-0.39, 0.29) is 15.0 Å². The molecule has 0 spiro atoms. The molecule has 1 aromatic carbocycles.